The van der Waals surface area contributed by atoms with Crippen LogP contribution in [0.4, 0.5) is 5.69 Å². The van der Waals surface area contributed by atoms with Crippen molar-refractivity contribution in [2.45, 2.75) is 44.6 Å². The molecule has 1 heterocycles. The molecule has 0 radical (unpaired) electrons. The van der Waals surface area contributed by atoms with Gasteiger partial charge in [0.2, 0.25) is 0 Å². The molecule has 1 aliphatic carbocycles. The van der Waals surface area contributed by atoms with Crippen molar-refractivity contribution in [3.05, 3.63) is 53.1 Å². The van der Waals surface area contributed by atoms with Crippen LogP contribution in [0, 0.1) is 6.92 Å². The number of anilines is 1. The maximum Gasteiger partial charge on any atom is 0.255 e. The highest BCUT2D eigenvalue weighted by Gasteiger charge is 2.22. The van der Waals surface area contributed by atoms with Gasteiger partial charge in [-0.15, -0.1) is 0 Å². The molecule has 0 saturated heterocycles. The van der Waals surface area contributed by atoms with Gasteiger partial charge in [-0.2, -0.15) is 0 Å². The molecule has 2 aromatic carbocycles. The number of benzene rings is 2. The molecule has 0 bridgehead atoms. The Labute approximate surface area is 159 Å². The highest BCUT2D eigenvalue weighted by Crippen LogP contribution is 2.36. The van der Waals surface area contributed by atoms with Crippen LogP contribution in [0.25, 0.3) is 0 Å². The Morgan fingerprint density at radius 2 is 1.96 bits per heavy atom. The Balaban J connectivity index is 1.47. The maximum absolute atomic E-state index is 12.7. The Morgan fingerprint density at radius 3 is 2.70 bits per heavy atom. The van der Waals surface area contributed by atoms with E-state index in [1.807, 2.05) is 13.0 Å². The van der Waals surface area contributed by atoms with Crippen molar-refractivity contribution in [1.29, 1.82) is 0 Å². The van der Waals surface area contributed by atoms with Crippen LogP contribution in [0.5, 0.6) is 11.5 Å². The fourth-order valence-electron chi connectivity index (χ4n) is 3.94. The van der Waals surface area contributed by atoms with Crippen LogP contribution in [-0.2, 0) is 0 Å². The van der Waals surface area contributed by atoms with Gasteiger partial charge in [0, 0.05) is 17.3 Å². The van der Waals surface area contributed by atoms with Crippen molar-refractivity contribution in [3.63, 3.8) is 0 Å². The summed E-state index contributed by atoms with van der Waals surface area (Å²) in [5, 5.41) is 12.1. The average molecular weight is 367 g/mol. The first-order chi connectivity index (χ1) is 13.1. The van der Waals surface area contributed by atoms with Crippen LogP contribution in [0.3, 0.4) is 0 Å². The average Bonchev–Trinajstić information content (AvgIpc) is 3.22. The smallest absolute Gasteiger partial charge is 0.255 e. The van der Waals surface area contributed by atoms with Gasteiger partial charge in [-0.05, 0) is 55.0 Å². The zero-order chi connectivity index (χ0) is 18.8. The molecule has 1 atom stereocenters. The van der Waals surface area contributed by atoms with Crippen LogP contribution in [0.15, 0.2) is 36.4 Å². The third-order valence-electron chi connectivity index (χ3n) is 5.45. The Hall–Kier alpha value is -2.53. The molecule has 2 aliphatic rings. The highest BCUT2D eigenvalue weighted by atomic mass is 16.6. The van der Waals surface area contributed by atoms with Crippen molar-refractivity contribution in [3.8, 4) is 11.5 Å². The molecule has 5 heteroatoms. The number of carbonyl (C=O) groups excluding carboxylic acids is 1. The summed E-state index contributed by atoms with van der Waals surface area (Å²) >= 11 is 0. The number of rotatable bonds is 4. The summed E-state index contributed by atoms with van der Waals surface area (Å²) in [4.78, 5) is 12.7. The van der Waals surface area contributed by atoms with Gasteiger partial charge < -0.3 is 19.9 Å². The minimum absolute atomic E-state index is 0.0892. The molecule has 5 nitrogen and oxygen atoms in total. The molecular weight excluding hydrogens is 342 g/mol. The van der Waals surface area contributed by atoms with E-state index in [1.165, 1.54) is 31.2 Å². The molecule has 1 aliphatic heterocycles. The number of hydrogen-bond donors (Lipinski definition) is 2. The van der Waals surface area contributed by atoms with Crippen LogP contribution in [0.1, 0.15) is 53.1 Å². The van der Waals surface area contributed by atoms with Crippen LogP contribution in [-0.4, -0.2) is 30.3 Å². The second-order valence-electron chi connectivity index (χ2n) is 7.40. The summed E-state index contributed by atoms with van der Waals surface area (Å²) in [5.41, 5.74) is 3.69. The van der Waals surface area contributed by atoms with Crippen molar-refractivity contribution in [2.75, 3.05) is 18.5 Å². The molecule has 2 aromatic rings. The normalized spacial score (nSPS) is 19.1. The van der Waals surface area contributed by atoms with E-state index in [2.05, 4.69) is 17.4 Å². The topological polar surface area (TPSA) is 67.8 Å². The molecule has 1 saturated carbocycles. The number of carbonyl (C=O) groups is 1. The quantitative estimate of drug-likeness (QED) is 0.856. The number of aryl methyl sites for hydroxylation is 1. The lowest BCUT2D eigenvalue weighted by Crippen LogP contribution is -2.32. The summed E-state index contributed by atoms with van der Waals surface area (Å²) in [7, 11) is 0. The molecule has 0 aromatic heterocycles. The molecule has 1 unspecified atom stereocenters. The van der Waals surface area contributed by atoms with Gasteiger partial charge in [0.05, 0.1) is 6.61 Å². The molecule has 142 valence electrons. The van der Waals surface area contributed by atoms with E-state index in [9.17, 15) is 4.79 Å². The molecule has 0 spiro atoms. The minimum Gasteiger partial charge on any atom is -0.486 e. The van der Waals surface area contributed by atoms with Crippen LogP contribution >= 0.6 is 0 Å². The van der Waals surface area contributed by atoms with E-state index in [4.69, 9.17) is 14.6 Å². The molecule has 2 N–H and O–H groups in total. The van der Waals surface area contributed by atoms with E-state index in [-0.39, 0.29) is 18.6 Å². The van der Waals surface area contributed by atoms with Crippen molar-refractivity contribution < 1.29 is 19.4 Å². The van der Waals surface area contributed by atoms with E-state index in [1.54, 1.807) is 18.2 Å². The first kappa shape index (κ1) is 17.9. The predicted molar refractivity (Wildman–Crippen MR) is 104 cm³/mol. The van der Waals surface area contributed by atoms with E-state index >= 15 is 0 Å². The number of aliphatic hydroxyl groups excluding tert-OH is 1. The minimum atomic E-state index is -0.348. The van der Waals surface area contributed by atoms with E-state index < -0.39 is 0 Å². The summed E-state index contributed by atoms with van der Waals surface area (Å²) in [6, 6.07) is 11.5. The van der Waals surface area contributed by atoms with E-state index in [0.717, 1.165) is 5.56 Å². The highest BCUT2D eigenvalue weighted by molar-refractivity contribution is 6.05. The molecule has 4 rings (SSSR count). The lowest BCUT2D eigenvalue weighted by molar-refractivity contribution is 0.0457. The van der Waals surface area contributed by atoms with Gasteiger partial charge in [-0.1, -0.05) is 25.0 Å². The van der Waals surface area contributed by atoms with Crippen molar-refractivity contribution in [1.82, 2.24) is 0 Å². The summed E-state index contributed by atoms with van der Waals surface area (Å²) in [5.74, 6) is 1.66. The number of amides is 1. The fourth-order valence-corrected chi connectivity index (χ4v) is 3.94. The van der Waals surface area contributed by atoms with Gasteiger partial charge in [0.1, 0.15) is 6.61 Å². The van der Waals surface area contributed by atoms with Crippen molar-refractivity contribution >= 4 is 11.6 Å². The van der Waals surface area contributed by atoms with Gasteiger partial charge in [0.15, 0.2) is 17.6 Å². The number of nitrogens with one attached hydrogen (secondary N) is 1. The second-order valence-corrected chi connectivity index (χ2v) is 7.40. The van der Waals surface area contributed by atoms with Crippen LogP contribution < -0.4 is 14.8 Å². The number of ether oxygens (including phenoxy) is 2. The Kier molecular flexibility index (Phi) is 5.03. The maximum atomic E-state index is 12.7. The number of hydrogen-bond acceptors (Lipinski definition) is 4. The standard InChI is InChI=1S/C22H25NO4/c1-14-10-16(15-4-2-3-5-15)6-8-19(14)22(25)23-17-7-9-20-21(11-17)26-13-18(12-24)27-20/h6-11,15,18,24H,2-5,12-13H2,1H3,(H,23,25). The first-order valence-electron chi connectivity index (χ1n) is 9.60. The van der Waals surface area contributed by atoms with Gasteiger partial charge in [-0.3, -0.25) is 4.79 Å². The summed E-state index contributed by atoms with van der Waals surface area (Å²) in [6.07, 6.45) is 4.75. The van der Waals surface area contributed by atoms with Crippen LogP contribution in [0.2, 0.25) is 0 Å². The second kappa shape index (κ2) is 7.61. The Bertz CT molecular complexity index is 842. The SMILES string of the molecule is Cc1cc(C2CCCC2)ccc1C(=O)Nc1ccc2c(c1)OCC(CO)O2. The molecule has 1 fully saturated rings. The molecule has 1 amide bonds. The third-order valence-corrected chi connectivity index (χ3v) is 5.45. The van der Waals surface area contributed by atoms with Gasteiger partial charge in [0.25, 0.3) is 5.91 Å². The fraction of sp³-hybridized carbons (Fsp3) is 0.409. The first-order valence-corrected chi connectivity index (χ1v) is 9.60. The summed E-state index contributed by atoms with van der Waals surface area (Å²) in [6.45, 7) is 2.20. The Morgan fingerprint density at radius 1 is 1.15 bits per heavy atom. The lowest BCUT2D eigenvalue weighted by Gasteiger charge is -2.25. The van der Waals surface area contributed by atoms with E-state index in [0.29, 0.717) is 35.3 Å². The zero-order valence-corrected chi connectivity index (χ0v) is 15.5. The molecular formula is C22H25NO4. The predicted octanol–water partition coefficient (Wildman–Crippen LogP) is 4.04. The summed E-state index contributed by atoms with van der Waals surface area (Å²) < 4.78 is 11.2. The lowest BCUT2D eigenvalue weighted by atomic mass is 9.94. The largest absolute Gasteiger partial charge is 0.486 e. The van der Waals surface area contributed by atoms with Gasteiger partial charge >= 0.3 is 0 Å². The number of fused-ring (bicyclic) bond motifs is 1. The molecule has 27 heavy (non-hydrogen) atoms. The number of aliphatic hydroxyl groups is 1. The van der Waals surface area contributed by atoms with Crippen molar-refractivity contribution in [2.24, 2.45) is 0 Å². The monoisotopic (exact) mass is 367 g/mol. The zero-order valence-electron chi connectivity index (χ0n) is 15.5. The third kappa shape index (κ3) is 3.78. The van der Waals surface area contributed by atoms with Gasteiger partial charge in [-0.25, -0.2) is 0 Å².